The minimum Gasteiger partial charge on any atom is -0.467 e. The van der Waals surface area contributed by atoms with Gasteiger partial charge in [0.25, 0.3) is 0 Å². The van der Waals surface area contributed by atoms with E-state index in [1.54, 1.807) is 6.26 Å². The highest BCUT2D eigenvalue weighted by Gasteiger charge is 2.32. The summed E-state index contributed by atoms with van der Waals surface area (Å²) < 4.78 is 7.41. The van der Waals surface area contributed by atoms with Crippen LogP contribution in [0.3, 0.4) is 0 Å². The molecule has 1 aliphatic carbocycles. The maximum Gasteiger partial charge on any atom is 0.168 e. The highest BCUT2D eigenvalue weighted by atomic mass is 16.3. The molecule has 2 fully saturated rings. The van der Waals surface area contributed by atoms with Crippen LogP contribution in [0.5, 0.6) is 0 Å². The van der Waals surface area contributed by atoms with E-state index in [4.69, 9.17) is 4.42 Å². The first-order valence-electron chi connectivity index (χ1n) is 10.5. The van der Waals surface area contributed by atoms with E-state index in [1.165, 1.54) is 38.8 Å². The Balaban J connectivity index is 1.46. The topological polar surface area (TPSA) is 63.2 Å². The molecular formula is C20H32N6O. The molecule has 1 saturated heterocycles. The third-order valence-corrected chi connectivity index (χ3v) is 6.07. The molecule has 2 aromatic heterocycles. The number of hydrogen-bond donors (Lipinski definition) is 0. The molecule has 0 unspecified atom stereocenters. The lowest BCUT2D eigenvalue weighted by atomic mass is 10.0. The Morgan fingerprint density at radius 2 is 1.93 bits per heavy atom. The van der Waals surface area contributed by atoms with Crippen molar-refractivity contribution in [3.05, 3.63) is 30.0 Å². The first-order valence-corrected chi connectivity index (χ1v) is 10.5. The monoisotopic (exact) mass is 372 g/mol. The molecule has 0 amide bonds. The zero-order valence-electron chi connectivity index (χ0n) is 16.6. The van der Waals surface area contributed by atoms with Crippen LogP contribution in [-0.2, 0) is 6.54 Å². The molecule has 3 heterocycles. The van der Waals surface area contributed by atoms with Crippen molar-refractivity contribution < 1.29 is 4.42 Å². The SMILES string of the molecule is CC(C)C[C@@H](c1nnnn1Cc1ccco1)N1CCN(C2CCCC2)CC1. The zero-order valence-corrected chi connectivity index (χ0v) is 16.6. The second kappa shape index (κ2) is 8.52. The lowest BCUT2D eigenvalue weighted by Crippen LogP contribution is -2.51. The summed E-state index contributed by atoms with van der Waals surface area (Å²) in [4.78, 5) is 5.30. The van der Waals surface area contributed by atoms with E-state index in [-0.39, 0.29) is 6.04 Å². The van der Waals surface area contributed by atoms with Crippen LogP contribution >= 0.6 is 0 Å². The average Bonchev–Trinajstić information content (AvgIpc) is 3.43. The molecule has 7 nitrogen and oxygen atoms in total. The standard InChI is InChI=1S/C20H32N6O/c1-16(2)14-19(20-21-22-23-26(20)15-18-8-5-13-27-18)25-11-9-24(10-12-25)17-6-3-4-7-17/h5,8,13,16-17,19H,3-4,6-7,9-12,14-15H2,1-2H3/t19-/m0/s1. The molecule has 1 atom stereocenters. The molecule has 2 aromatic rings. The minimum atomic E-state index is 0.265. The second-order valence-corrected chi connectivity index (χ2v) is 8.43. The van der Waals surface area contributed by atoms with E-state index in [0.29, 0.717) is 12.5 Å². The molecule has 0 spiro atoms. The van der Waals surface area contributed by atoms with E-state index in [0.717, 1.165) is 37.1 Å². The number of piperazine rings is 1. The molecule has 148 valence electrons. The van der Waals surface area contributed by atoms with Gasteiger partial charge in [-0.15, -0.1) is 5.10 Å². The quantitative estimate of drug-likeness (QED) is 0.745. The Kier molecular flexibility index (Phi) is 5.88. The lowest BCUT2D eigenvalue weighted by Gasteiger charge is -2.41. The molecule has 7 heteroatoms. The van der Waals surface area contributed by atoms with E-state index < -0.39 is 0 Å². The Labute approximate surface area is 161 Å². The maximum absolute atomic E-state index is 5.50. The van der Waals surface area contributed by atoms with Crippen molar-refractivity contribution in [2.24, 2.45) is 5.92 Å². The van der Waals surface area contributed by atoms with Crippen molar-refractivity contribution in [1.29, 1.82) is 0 Å². The molecule has 27 heavy (non-hydrogen) atoms. The zero-order chi connectivity index (χ0) is 18.6. The van der Waals surface area contributed by atoms with E-state index >= 15 is 0 Å². The third kappa shape index (κ3) is 4.41. The first-order chi connectivity index (χ1) is 13.2. The van der Waals surface area contributed by atoms with E-state index in [1.807, 2.05) is 16.8 Å². The van der Waals surface area contributed by atoms with Crippen LogP contribution in [0.15, 0.2) is 22.8 Å². The summed E-state index contributed by atoms with van der Waals surface area (Å²) in [5.74, 6) is 2.45. The van der Waals surface area contributed by atoms with Crippen molar-refractivity contribution in [2.45, 2.75) is 64.6 Å². The number of hydrogen-bond acceptors (Lipinski definition) is 6. The van der Waals surface area contributed by atoms with Gasteiger partial charge in [0.15, 0.2) is 5.82 Å². The second-order valence-electron chi connectivity index (χ2n) is 8.43. The highest BCUT2D eigenvalue weighted by Crippen LogP contribution is 2.30. The van der Waals surface area contributed by atoms with Gasteiger partial charge < -0.3 is 4.42 Å². The van der Waals surface area contributed by atoms with Gasteiger partial charge >= 0.3 is 0 Å². The van der Waals surface area contributed by atoms with Crippen LogP contribution in [0.2, 0.25) is 0 Å². The summed E-state index contributed by atoms with van der Waals surface area (Å²) in [5, 5.41) is 12.7. The fourth-order valence-electron chi connectivity index (χ4n) is 4.66. The fourth-order valence-corrected chi connectivity index (χ4v) is 4.66. The van der Waals surface area contributed by atoms with Crippen molar-refractivity contribution in [3.8, 4) is 0 Å². The summed E-state index contributed by atoms with van der Waals surface area (Å²) in [5.41, 5.74) is 0. The Bertz CT molecular complexity index is 683. The van der Waals surface area contributed by atoms with E-state index in [2.05, 4.69) is 39.2 Å². The molecule has 0 radical (unpaired) electrons. The molecule has 1 aliphatic heterocycles. The molecule has 0 bridgehead atoms. The molecular weight excluding hydrogens is 340 g/mol. The number of rotatable bonds is 7. The Hall–Kier alpha value is -1.73. The van der Waals surface area contributed by atoms with Gasteiger partial charge in [-0.1, -0.05) is 26.7 Å². The highest BCUT2D eigenvalue weighted by molar-refractivity contribution is 5.02. The summed E-state index contributed by atoms with van der Waals surface area (Å²) in [6.45, 7) is 9.68. The van der Waals surface area contributed by atoms with Gasteiger partial charge in [-0.25, -0.2) is 4.68 Å². The summed E-state index contributed by atoms with van der Waals surface area (Å²) >= 11 is 0. The summed E-state index contributed by atoms with van der Waals surface area (Å²) in [7, 11) is 0. The van der Waals surface area contributed by atoms with Crippen molar-refractivity contribution >= 4 is 0 Å². The summed E-state index contributed by atoms with van der Waals surface area (Å²) in [6.07, 6.45) is 8.35. The molecule has 0 N–H and O–H groups in total. The van der Waals surface area contributed by atoms with Crippen molar-refractivity contribution in [2.75, 3.05) is 26.2 Å². The number of aromatic nitrogens is 4. The van der Waals surface area contributed by atoms with Gasteiger partial charge in [-0.05, 0) is 47.7 Å². The minimum absolute atomic E-state index is 0.265. The maximum atomic E-state index is 5.50. The fraction of sp³-hybridized carbons (Fsp3) is 0.750. The van der Waals surface area contributed by atoms with Gasteiger partial charge in [0, 0.05) is 32.2 Å². The van der Waals surface area contributed by atoms with Crippen LogP contribution in [0.1, 0.15) is 63.6 Å². The van der Waals surface area contributed by atoms with E-state index in [9.17, 15) is 0 Å². The predicted molar refractivity (Wildman–Crippen MR) is 103 cm³/mol. The summed E-state index contributed by atoms with van der Waals surface area (Å²) in [6, 6.07) is 4.97. The van der Waals surface area contributed by atoms with Crippen LogP contribution in [0.4, 0.5) is 0 Å². The predicted octanol–water partition coefficient (Wildman–Crippen LogP) is 2.96. The number of nitrogens with zero attached hydrogens (tertiary/aromatic N) is 6. The van der Waals surface area contributed by atoms with Gasteiger partial charge in [0.05, 0.1) is 12.3 Å². The largest absolute Gasteiger partial charge is 0.467 e. The molecule has 4 rings (SSSR count). The van der Waals surface area contributed by atoms with Gasteiger partial charge in [0.2, 0.25) is 0 Å². The molecule has 1 saturated carbocycles. The first kappa shape index (κ1) is 18.6. The third-order valence-electron chi connectivity index (χ3n) is 6.07. The average molecular weight is 373 g/mol. The van der Waals surface area contributed by atoms with Crippen LogP contribution < -0.4 is 0 Å². The van der Waals surface area contributed by atoms with Gasteiger partial charge in [-0.3, -0.25) is 9.80 Å². The van der Waals surface area contributed by atoms with Crippen LogP contribution in [0, 0.1) is 5.92 Å². The van der Waals surface area contributed by atoms with Crippen molar-refractivity contribution in [3.63, 3.8) is 0 Å². The molecule has 0 aromatic carbocycles. The van der Waals surface area contributed by atoms with Crippen LogP contribution in [-0.4, -0.2) is 62.2 Å². The lowest BCUT2D eigenvalue weighted by molar-refractivity contribution is 0.0587. The Morgan fingerprint density at radius 1 is 1.15 bits per heavy atom. The van der Waals surface area contributed by atoms with Gasteiger partial charge in [-0.2, -0.15) is 0 Å². The smallest absolute Gasteiger partial charge is 0.168 e. The van der Waals surface area contributed by atoms with Crippen LogP contribution in [0.25, 0.3) is 0 Å². The molecule has 2 aliphatic rings. The number of furan rings is 1. The number of tetrazole rings is 1. The Morgan fingerprint density at radius 3 is 2.59 bits per heavy atom. The normalized spacial score (nSPS) is 21.3. The van der Waals surface area contributed by atoms with Gasteiger partial charge in [0.1, 0.15) is 12.3 Å². The van der Waals surface area contributed by atoms with Crippen molar-refractivity contribution in [1.82, 2.24) is 30.0 Å².